The van der Waals surface area contributed by atoms with Crippen molar-refractivity contribution in [2.45, 2.75) is 27.7 Å². The molecule has 0 bridgehead atoms. The molecule has 0 unspecified atom stereocenters. The van der Waals surface area contributed by atoms with E-state index in [2.05, 4.69) is 4.99 Å². The first kappa shape index (κ1) is 9.08. The summed E-state index contributed by atoms with van der Waals surface area (Å²) >= 11 is 0. The molecule has 0 rings (SSSR count). The van der Waals surface area contributed by atoms with Crippen LogP contribution in [0.15, 0.2) is 16.3 Å². The Labute approximate surface area is 62.2 Å². The fourth-order valence-electron chi connectivity index (χ4n) is 0.562. The van der Waals surface area contributed by atoms with Gasteiger partial charge in [-0.05, 0) is 33.3 Å². The van der Waals surface area contributed by atoms with Crippen molar-refractivity contribution in [1.29, 1.82) is 5.41 Å². The van der Waals surface area contributed by atoms with E-state index in [9.17, 15) is 0 Å². The molecule has 0 saturated heterocycles. The maximum atomic E-state index is 7.28. The van der Waals surface area contributed by atoms with Crippen LogP contribution in [0, 0.1) is 5.41 Å². The molecule has 0 radical (unpaired) electrons. The van der Waals surface area contributed by atoms with E-state index in [0.717, 1.165) is 11.3 Å². The van der Waals surface area contributed by atoms with E-state index in [0.29, 0.717) is 5.71 Å². The molecule has 0 saturated carbocycles. The summed E-state index contributed by atoms with van der Waals surface area (Å²) < 4.78 is 0. The Hall–Kier alpha value is -0.920. The van der Waals surface area contributed by atoms with E-state index in [1.54, 1.807) is 13.1 Å². The van der Waals surface area contributed by atoms with Crippen molar-refractivity contribution in [1.82, 2.24) is 0 Å². The van der Waals surface area contributed by atoms with Gasteiger partial charge in [0.15, 0.2) is 0 Å². The summed E-state index contributed by atoms with van der Waals surface area (Å²) in [6.45, 7) is 7.46. The van der Waals surface area contributed by atoms with E-state index < -0.39 is 0 Å². The molecule has 0 atom stereocenters. The van der Waals surface area contributed by atoms with Gasteiger partial charge in [0, 0.05) is 17.6 Å². The summed E-state index contributed by atoms with van der Waals surface area (Å²) in [5.41, 5.74) is 2.47. The van der Waals surface area contributed by atoms with Gasteiger partial charge in [-0.2, -0.15) is 0 Å². The predicted octanol–water partition coefficient (Wildman–Crippen LogP) is 2.41. The Morgan fingerprint density at radius 3 is 2.10 bits per heavy atom. The van der Waals surface area contributed by atoms with Crippen LogP contribution in [0.1, 0.15) is 27.7 Å². The lowest BCUT2D eigenvalue weighted by Gasteiger charge is -1.98. The Kier molecular flexibility index (Phi) is 3.62. The van der Waals surface area contributed by atoms with Gasteiger partial charge in [0.05, 0.1) is 0 Å². The highest BCUT2D eigenvalue weighted by atomic mass is 14.7. The Morgan fingerprint density at radius 1 is 1.30 bits per heavy atom. The smallest absolute Gasteiger partial charge is 0.0415 e. The SMILES string of the molecule is C/C=N\C(C)=C(\C)C(C)=N. The summed E-state index contributed by atoms with van der Waals surface area (Å²) in [5.74, 6) is 0. The van der Waals surface area contributed by atoms with E-state index in [1.807, 2.05) is 20.8 Å². The van der Waals surface area contributed by atoms with Gasteiger partial charge < -0.3 is 5.41 Å². The molecule has 0 aliphatic rings. The predicted molar refractivity (Wildman–Crippen MR) is 45.9 cm³/mol. The highest BCUT2D eigenvalue weighted by Crippen LogP contribution is 2.04. The summed E-state index contributed by atoms with van der Waals surface area (Å²) in [6.07, 6.45) is 1.74. The van der Waals surface area contributed by atoms with Crippen molar-refractivity contribution in [3.05, 3.63) is 11.3 Å². The lowest BCUT2D eigenvalue weighted by molar-refractivity contribution is 1.24. The normalized spacial score (nSPS) is 13.6. The highest BCUT2D eigenvalue weighted by Gasteiger charge is 1.94. The molecular weight excluding hydrogens is 124 g/mol. The molecule has 0 aliphatic carbocycles. The molecule has 0 aliphatic heterocycles. The van der Waals surface area contributed by atoms with Gasteiger partial charge in [-0.1, -0.05) is 0 Å². The Balaban J connectivity index is 4.50. The lowest BCUT2D eigenvalue weighted by atomic mass is 10.2. The van der Waals surface area contributed by atoms with E-state index in [-0.39, 0.29) is 0 Å². The third-order valence-electron chi connectivity index (χ3n) is 1.43. The fraction of sp³-hybridized carbons (Fsp3) is 0.500. The largest absolute Gasteiger partial charge is 0.305 e. The van der Waals surface area contributed by atoms with Crippen molar-refractivity contribution in [2.24, 2.45) is 4.99 Å². The standard InChI is InChI=1S/C8H14N2/c1-5-10-8(4)6(2)7(3)9/h5,9H,1-4H3/b8-6-,9-7?,10-5-. The second-order valence-electron chi connectivity index (χ2n) is 2.22. The minimum Gasteiger partial charge on any atom is -0.305 e. The van der Waals surface area contributed by atoms with Gasteiger partial charge >= 0.3 is 0 Å². The quantitative estimate of drug-likeness (QED) is 0.569. The van der Waals surface area contributed by atoms with Crippen molar-refractivity contribution in [3.8, 4) is 0 Å². The topological polar surface area (TPSA) is 36.2 Å². The molecule has 0 heterocycles. The lowest BCUT2D eigenvalue weighted by Crippen LogP contribution is -1.92. The van der Waals surface area contributed by atoms with E-state index in [4.69, 9.17) is 5.41 Å². The van der Waals surface area contributed by atoms with Crippen LogP contribution < -0.4 is 0 Å². The molecule has 0 spiro atoms. The van der Waals surface area contributed by atoms with Gasteiger partial charge in [-0.15, -0.1) is 0 Å². The third-order valence-corrected chi connectivity index (χ3v) is 1.43. The molecule has 0 aromatic carbocycles. The number of hydrogen-bond donors (Lipinski definition) is 1. The molecule has 2 nitrogen and oxygen atoms in total. The zero-order chi connectivity index (χ0) is 8.15. The summed E-state index contributed by atoms with van der Waals surface area (Å²) in [4.78, 5) is 4.06. The van der Waals surface area contributed by atoms with Gasteiger partial charge in [-0.3, -0.25) is 4.99 Å². The summed E-state index contributed by atoms with van der Waals surface area (Å²) in [6, 6.07) is 0. The summed E-state index contributed by atoms with van der Waals surface area (Å²) in [5, 5.41) is 7.28. The van der Waals surface area contributed by atoms with Crippen LogP contribution in [-0.4, -0.2) is 11.9 Å². The molecule has 56 valence electrons. The van der Waals surface area contributed by atoms with Gasteiger partial charge in [0.1, 0.15) is 0 Å². The zero-order valence-electron chi connectivity index (χ0n) is 7.02. The minimum atomic E-state index is 0.586. The van der Waals surface area contributed by atoms with Gasteiger partial charge in [-0.25, -0.2) is 0 Å². The Bertz CT molecular complexity index is 187. The van der Waals surface area contributed by atoms with Crippen LogP contribution in [0.4, 0.5) is 0 Å². The molecule has 2 heteroatoms. The van der Waals surface area contributed by atoms with Gasteiger partial charge in [0.2, 0.25) is 0 Å². The molecule has 10 heavy (non-hydrogen) atoms. The van der Waals surface area contributed by atoms with Crippen molar-refractivity contribution in [2.75, 3.05) is 0 Å². The van der Waals surface area contributed by atoms with Crippen molar-refractivity contribution >= 4 is 11.9 Å². The minimum absolute atomic E-state index is 0.586. The number of rotatable bonds is 2. The highest BCUT2D eigenvalue weighted by molar-refractivity contribution is 5.95. The molecule has 0 aromatic rings. The summed E-state index contributed by atoms with van der Waals surface area (Å²) in [7, 11) is 0. The average molecular weight is 138 g/mol. The second kappa shape index (κ2) is 3.99. The van der Waals surface area contributed by atoms with E-state index >= 15 is 0 Å². The third kappa shape index (κ3) is 2.58. The van der Waals surface area contributed by atoms with Gasteiger partial charge in [0.25, 0.3) is 0 Å². The second-order valence-corrected chi connectivity index (χ2v) is 2.22. The molecular formula is C8H14N2. The first-order valence-corrected chi connectivity index (χ1v) is 3.31. The fourth-order valence-corrected chi connectivity index (χ4v) is 0.562. The van der Waals surface area contributed by atoms with Crippen LogP contribution in [0.5, 0.6) is 0 Å². The maximum Gasteiger partial charge on any atom is 0.0415 e. The van der Waals surface area contributed by atoms with Crippen LogP contribution in [0.25, 0.3) is 0 Å². The van der Waals surface area contributed by atoms with E-state index in [1.165, 1.54) is 0 Å². The molecule has 0 fully saturated rings. The zero-order valence-corrected chi connectivity index (χ0v) is 7.02. The molecule has 1 N–H and O–H groups in total. The van der Waals surface area contributed by atoms with Crippen LogP contribution in [0.2, 0.25) is 0 Å². The number of hydrogen-bond acceptors (Lipinski definition) is 2. The van der Waals surface area contributed by atoms with Crippen LogP contribution in [0.3, 0.4) is 0 Å². The van der Waals surface area contributed by atoms with Crippen LogP contribution in [-0.2, 0) is 0 Å². The average Bonchev–Trinajstić information content (AvgIpc) is 1.87. The number of nitrogens with zero attached hydrogens (tertiary/aromatic N) is 1. The maximum absolute atomic E-state index is 7.28. The first-order chi connectivity index (χ1) is 4.59. The number of allylic oxidation sites excluding steroid dienone is 2. The number of nitrogens with one attached hydrogen (secondary N) is 1. The first-order valence-electron chi connectivity index (χ1n) is 3.31. The van der Waals surface area contributed by atoms with Crippen molar-refractivity contribution in [3.63, 3.8) is 0 Å². The number of aliphatic imine (C=N–C) groups is 1. The molecule has 0 amide bonds. The monoisotopic (exact) mass is 138 g/mol. The molecule has 0 aromatic heterocycles. The van der Waals surface area contributed by atoms with Crippen molar-refractivity contribution < 1.29 is 0 Å². The Morgan fingerprint density at radius 2 is 1.80 bits per heavy atom. The van der Waals surface area contributed by atoms with Crippen LogP contribution >= 0.6 is 0 Å².